The van der Waals surface area contributed by atoms with Crippen LogP contribution in [-0.2, 0) is 9.53 Å². The van der Waals surface area contributed by atoms with Gasteiger partial charge in [-0.15, -0.1) is 0 Å². The molecule has 0 aromatic heterocycles. The Morgan fingerprint density at radius 2 is 1.82 bits per heavy atom. The number of unbranched alkanes of at least 4 members (excludes halogenated alkanes) is 1. The van der Waals surface area contributed by atoms with Gasteiger partial charge in [0.15, 0.2) is 0 Å². The Bertz CT molecular complexity index is 395. The lowest BCUT2D eigenvalue weighted by Crippen LogP contribution is -2.41. The smallest absolute Gasteiger partial charge is 0.309 e. The van der Waals surface area contributed by atoms with Gasteiger partial charge in [0.2, 0.25) is 0 Å². The molecule has 0 spiro atoms. The highest BCUT2D eigenvalue weighted by Gasteiger charge is 2.52. The summed E-state index contributed by atoms with van der Waals surface area (Å²) >= 11 is 0. The molecule has 0 saturated heterocycles. The minimum absolute atomic E-state index is 0.109. The zero-order valence-corrected chi connectivity index (χ0v) is 14.8. The summed E-state index contributed by atoms with van der Waals surface area (Å²) < 4.78 is 6.26. The van der Waals surface area contributed by atoms with Crippen molar-refractivity contribution in [3.63, 3.8) is 0 Å². The molecule has 0 N–H and O–H groups in total. The van der Waals surface area contributed by atoms with Crippen molar-refractivity contribution in [3.8, 4) is 0 Å². The molecule has 2 nitrogen and oxygen atoms in total. The molecule has 3 aliphatic carbocycles. The van der Waals surface area contributed by atoms with Crippen molar-refractivity contribution in [2.24, 2.45) is 29.6 Å². The van der Waals surface area contributed by atoms with Crippen LogP contribution in [0.4, 0.5) is 0 Å². The van der Waals surface area contributed by atoms with E-state index < -0.39 is 0 Å². The molecule has 3 rings (SSSR count). The molecule has 126 valence electrons. The van der Waals surface area contributed by atoms with Gasteiger partial charge in [-0.3, -0.25) is 4.79 Å². The molecule has 2 heteroatoms. The number of hydrogen-bond donors (Lipinski definition) is 0. The Balaban J connectivity index is 1.64. The third kappa shape index (κ3) is 2.95. The Labute approximate surface area is 136 Å². The highest BCUT2D eigenvalue weighted by molar-refractivity contribution is 5.74. The van der Waals surface area contributed by atoms with Crippen LogP contribution < -0.4 is 0 Å². The summed E-state index contributed by atoms with van der Waals surface area (Å²) in [5, 5.41) is 0. The summed E-state index contributed by atoms with van der Waals surface area (Å²) in [5.74, 6) is 3.24. The summed E-state index contributed by atoms with van der Waals surface area (Å²) in [6.45, 7) is 6.96. The average Bonchev–Trinajstić information content (AvgIpc) is 3.07. The first-order valence-corrected chi connectivity index (χ1v) is 9.79. The predicted octanol–water partition coefficient (Wildman–Crippen LogP) is 5.35. The third-order valence-corrected chi connectivity index (χ3v) is 7.27. The fraction of sp³-hybridized carbons (Fsp3) is 0.950. The standard InChI is InChI=1S/C20H34O2/c1-4-5-9-20(10-7-6-8-11-20)22-19(21)18-13-16-12-17(18)15(3)14(16)2/h14-18H,4-13H2,1-3H3. The minimum atomic E-state index is -0.109. The Kier molecular flexibility index (Phi) is 4.85. The normalized spacial score (nSPS) is 39.9. The van der Waals surface area contributed by atoms with Gasteiger partial charge in [0.1, 0.15) is 5.60 Å². The second-order valence-electron chi connectivity index (χ2n) is 8.49. The summed E-state index contributed by atoms with van der Waals surface area (Å²) in [7, 11) is 0. The van der Waals surface area contributed by atoms with Gasteiger partial charge in [0.05, 0.1) is 5.92 Å². The van der Waals surface area contributed by atoms with Gasteiger partial charge in [-0.2, -0.15) is 0 Å². The zero-order valence-electron chi connectivity index (χ0n) is 14.8. The molecule has 2 bridgehead atoms. The molecule has 0 amide bonds. The lowest BCUT2D eigenvalue weighted by Gasteiger charge is -2.39. The van der Waals surface area contributed by atoms with Crippen molar-refractivity contribution in [2.45, 2.75) is 90.6 Å². The number of esters is 1. The summed E-state index contributed by atoms with van der Waals surface area (Å²) in [6.07, 6.45) is 11.8. The second-order valence-corrected chi connectivity index (χ2v) is 8.49. The van der Waals surface area contributed by atoms with Gasteiger partial charge in [0.25, 0.3) is 0 Å². The molecule has 0 heterocycles. The number of carbonyl (C=O) groups excluding carboxylic acids is 1. The monoisotopic (exact) mass is 306 g/mol. The lowest BCUT2D eigenvalue weighted by atomic mass is 9.75. The number of carbonyl (C=O) groups is 1. The highest BCUT2D eigenvalue weighted by Crippen LogP contribution is 2.55. The van der Waals surface area contributed by atoms with Crippen molar-refractivity contribution in [2.75, 3.05) is 0 Å². The molecule has 5 atom stereocenters. The topological polar surface area (TPSA) is 26.3 Å². The Hall–Kier alpha value is -0.530. The predicted molar refractivity (Wildman–Crippen MR) is 89.5 cm³/mol. The van der Waals surface area contributed by atoms with E-state index in [0.29, 0.717) is 11.8 Å². The fourth-order valence-electron chi connectivity index (χ4n) is 5.60. The fourth-order valence-corrected chi connectivity index (χ4v) is 5.60. The van der Waals surface area contributed by atoms with Gasteiger partial charge in [-0.1, -0.05) is 33.6 Å². The van der Waals surface area contributed by atoms with Crippen LogP contribution in [0.15, 0.2) is 0 Å². The lowest BCUT2D eigenvalue weighted by molar-refractivity contribution is -0.172. The van der Waals surface area contributed by atoms with Gasteiger partial charge < -0.3 is 4.74 Å². The van der Waals surface area contributed by atoms with Gasteiger partial charge in [0, 0.05) is 0 Å². The second kappa shape index (κ2) is 6.53. The number of ether oxygens (including phenoxy) is 1. The van der Waals surface area contributed by atoms with Crippen molar-refractivity contribution >= 4 is 5.97 Å². The largest absolute Gasteiger partial charge is 0.459 e. The molecular formula is C20H34O2. The van der Waals surface area contributed by atoms with Crippen LogP contribution in [0.2, 0.25) is 0 Å². The number of rotatable bonds is 5. The number of hydrogen-bond acceptors (Lipinski definition) is 2. The van der Waals surface area contributed by atoms with Gasteiger partial charge >= 0.3 is 5.97 Å². The van der Waals surface area contributed by atoms with Crippen molar-refractivity contribution in [1.82, 2.24) is 0 Å². The van der Waals surface area contributed by atoms with E-state index in [1.807, 2.05) is 0 Å². The van der Waals surface area contributed by atoms with Gasteiger partial charge in [-0.25, -0.2) is 0 Å². The SMILES string of the molecule is CCCCC1(OC(=O)C2CC3CC2C(C)C3C)CCCCC1. The third-order valence-electron chi connectivity index (χ3n) is 7.27. The molecule has 3 fully saturated rings. The van der Waals surface area contributed by atoms with E-state index in [1.165, 1.54) is 38.5 Å². The summed E-state index contributed by atoms with van der Waals surface area (Å²) in [4.78, 5) is 12.9. The molecule has 5 unspecified atom stereocenters. The molecule has 0 aromatic carbocycles. The van der Waals surface area contributed by atoms with E-state index in [-0.39, 0.29) is 17.5 Å². The molecule has 0 radical (unpaired) electrons. The van der Waals surface area contributed by atoms with Crippen LogP contribution in [0.3, 0.4) is 0 Å². The van der Waals surface area contributed by atoms with E-state index in [0.717, 1.165) is 37.5 Å². The van der Waals surface area contributed by atoms with E-state index in [1.54, 1.807) is 0 Å². The number of fused-ring (bicyclic) bond motifs is 2. The maximum Gasteiger partial charge on any atom is 0.309 e. The van der Waals surface area contributed by atoms with E-state index in [2.05, 4.69) is 20.8 Å². The van der Waals surface area contributed by atoms with E-state index >= 15 is 0 Å². The van der Waals surface area contributed by atoms with Gasteiger partial charge in [-0.05, 0) is 75.0 Å². The average molecular weight is 306 g/mol. The molecule has 0 aliphatic heterocycles. The minimum Gasteiger partial charge on any atom is -0.459 e. The van der Waals surface area contributed by atoms with Crippen LogP contribution >= 0.6 is 0 Å². The highest BCUT2D eigenvalue weighted by atomic mass is 16.6. The van der Waals surface area contributed by atoms with Crippen LogP contribution in [-0.4, -0.2) is 11.6 Å². The van der Waals surface area contributed by atoms with Crippen LogP contribution in [0, 0.1) is 29.6 Å². The molecular weight excluding hydrogens is 272 g/mol. The summed E-state index contributed by atoms with van der Waals surface area (Å²) in [6, 6.07) is 0. The summed E-state index contributed by atoms with van der Waals surface area (Å²) in [5.41, 5.74) is -0.109. The van der Waals surface area contributed by atoms with Crippen molar-refractivity contribution < 1.29 is 9.53 Å². The molecule has 0 aromatic rings. The first-order chi connectivity index (χ1) is 10.6. The Morgan fingerprint density at radius 3 is 2.41 bits per heavy atom. The first-order valence-electron chi connectivity index (χ1n) is 9.79. The molecule has 3 aliphatic rings. The van der Waals surface area contributed by atoms with Crippen molar-refractivity contribution in [1.29, 1.82) is 0 Å². The molecule has 3 saturated carbocycles. The van der Waals surface area contributed by atoms with E-state index in [9.17, 15) is 4.79 Å². The van der Waals surface area contributed by atoms with E-state index in [4.69, 9.17) is 4.74 Å². The van der Waals surface area contributed by atoms with Crippen LogP contribution in [0.1, 0.15) is 85.0 Å². The Morgan fingerprint density at radius 1 is 1.09 bits per heavy atom. The molecule has 22 heavy (non-hydrogen) atoms. The van der Waals surface area contributed by atoms with Crippen LogP contribution in [0.5, 0.6) is 0 Å². The maximum absolute atomic E-state index is 12.9. The maximum atomic E-state index is 12.9. The quantitative estimate of drug-likeness (QED) is 0.640. The van der Waals surface area contributed by atoms with Crippen molar-refractivity contribution in [3.05, 3.63) is 0 Å². The first kappa shape index (κ1) is 16.3. The van der Waals surface area contributed by atoms with Crippen LogP contribution in [0.25, 0.3) is 0 Å². The zero-order chi connectivity index (χ0) is 15.7.